The van der Waals surface area contributed by atoms with E-state index >= 15 is 0 Å². The average molecular weight is 322 g/mol. The van der Waals surface area contributed by atoms with Crippen LogP contribution in [0.5, 0.6) is 0 Å². The molecule has 2 rings (SSSR count). The number of rotatable bonds is 5. The molecule has 1 atom stereocenters. The molecule has 1 nitrogen and oxygen atoms in total. The Morgan fingerprint density at radius 1 is 1.29 bits per heavy atom. The summed E-state index contributed by atoms with van der Waals surface area (Å²) >= 11 is 0. The van der Waals surface area contributed by atoms with Crippen LogP contribution in [0.15, 0.2) is 77.0 Å². The second kappa shape index (κ2) is 9.42. The maximum Gasteiger partial charge on any atom is 0.0470 e. The van der Waals surface area contributed by atoms with E-state index in [-0.39, 0.29) is 0 Å². The largest absolute Gasteiger partial charge is 0.261 e. The summed E-state index contributed by atoms with van der Waals surface area (Å²) < 4.78 is 0. The summed E-state index contributed by atoms with van der Waals surface area (Å²) in [6.45, 7) is 12.6. The first-order valence-corrected chi connectivity index (χ1v) is 9.20. The van der Waals surface area contributed by atoms with Crippen molar-refractivity contribution < 1.29 is 0 Å². The fourth-order valence-electron chi connectivity index (χ4n) is 3.47. The lowest BCUT2D eigenvalue weighted by Gasteiger charge is -2.21. The number of nitrogens with zero attached hydrogens (tertiary/aromatic N) is 1. The maximum atomic E-state index is 4.50. The fraction of sp³-hybridized carbons (Fsp3) is 0.435. The molecule has 0 radical (unpaired) electrons. The first-order chi connectivity index (χ1) is 11.6. The molecule has 24 heavy (non-hydrogen) atoms. The molecule has 0 saturated heterocycles. The monoisotopic (exact) mass is 321 g/mol. The van der Waals surface area contributed by atoms with Crippen LogP contribution in [0, 0.1) is 5.92 Å². The van der Waals surface area contributed by atoms with Crippen LogP contribution in [0.25, 0.3) is 0 Å². The number of hydrogen-bond donors (Lipinski definition) is 0. The van der Waals surface area contributed by atoms with Gasteiger partial charge in [0.15, 0.2) is 0 Å². The number of hydrogen-bond acceptors (Lipinski definition) is 1. The van der Waals surface area contributed by atoms with Gasteiger partial charge in [0.2, 0.25) is 0 Å². The first kappa shape index (κ1) is 18.4. The van der Waals surface area contributed by atoms with Gasteiger partial charge in [0.05, 0.1) is 0 Å². The van der Waals surface area contributed by atoms with Crippen molar-refractivity contribution in [2.24, 2.45) is 10.9 Å². The molecule has 1 aliphatic heterocycles. The van der Waals surface area contributed by atoms with Gasteiger partial charge in [0.25, 0.3) is 0 Å². The smallest absolute Gasteiger partial charge is 0.0470 e. The van der Waals surface area contributed by atoms with E-state index in [4.69, 9.17) is 0 Å². The third-order valence-electron chi connectivity index (χ3n) is 4.96. The standard InChI is InChI=1S/C23H31N/c1-5-6-11-20-12-8-7-9-13-22(20)16-19(4)21-14-10-15-24-23(17-21)18(2)3/h5-6,10-11,14-15,22H,2,4,7-9,12-13,16-17H2,1,3H3. The Balaban J connectivity index is 2.11. The van der Waals surface area contributed by atoms with E-state index in [2.05, 4.69) is 49.4 Å². The molecule has 1 saturated carbocycles. The lowest BCUT2D eigenvalue weighted by atomic mass is 9.84. The minimum Gasteiger partial charge on any atom is -0.261 e. The van der Waals surface area contributed by atoms with Gasteiger partial charge in [-0.2, -0.15) is 0 Å². The van der Waals surface area contributed by atoms with Crippen LogP contribution in [-0.2, 0) is 0 Å². The van der Waals surface area contributed by atoms with Crippen LogP contribution in [0.1, 0.15) is 58.8 Å². The van der Waals surface area contributed by atoms with Gasteiger partial charge in [-0.05, 0) is 62.7 Å². The van der Waals surface area contributed by atoms with Crippen molar-refractivity contribution in [3.63, 3.8) is 0 Å². The molecule has 1 unspecified atom stereocenters. The number of aliphatic imine (C=N–C) groups is 1. The van der Waals surface area contributed by atoms with Gasteiger partial charge in [0.1, 0.15) is 0 Å². The van der Waals surface area contributed by atoms with E-state index < -0.39 is 0 Å². The lowest BCUT2D eigenvalue weighted by molar-refractivity contribution is 0.546. The van der Waals surface area contributed by atoms with Crippen molar-refractivity contribution in [3.8, 4) is 0 Å². The Bertz CT molecular complexity index is 622. The van der Waals surface area contributed by atoms with Crippen LogP contribution in [0.3, 0.4) is 0 Å². The zero-order valence-corrected chi connectivity index (χ0v) is 15.4. The van der Waals surface area contributed by atoms with E-state index in [1.807, 2.05) is 19.2 Å². The van der Waals surface area contributed by atoms with Gasteiger partial charge >= 0.3 is 0 Å². The molecule has 1 aliphatic carbocycles. The lowest BCUT2D eigenvalue weighted by Crippen LogP contribution is -2.08. The van der Waals surface area contributed by atoms with Crippen LogP contribution < -0.4 is 0 Å². The molecular weight excluding hydrogens is 290 g/mol. The Kier molecular flexibility index (Phi) is 7.24. The Morgan fingerprint density at radius 3 is 2.88 bits per heavy atom. The van der Waals surface area contributed by atoms with Crippen LogP contribution in [0.4, 0.5) is 0 Å². The van der Waals surface area contributed by atoms with Gasteiger partial charge < -0.3 is 0 Å². The zero-order chi connectivity index (χ0) is 17.4. The van der Waals surface area contributed by atoms with Gasteiger partial charge in [-0.15, -0.1) is 0 Å². The molecule has 1 fully saturated rings. The normalized spacial score (nSPS) is 23.6. The molecule has 0 aromatic carbocycles. The van der Waals surface area contributed by atoms with E-state index in [1.54, 1.807) is 5.57 Å². The van der Waals surface area contributed by atoms with Crippen molar-refractivity contribution >= 4 is 5.71 Å². The molecular formula is C23H31N. The summed E-state index contributed by atoms with van der Waals surface area (Å²) in [7, 11) is 0. The quantitative estimate of drug-likeness (QED) is 0.490. The molecule has 0 aromatic heterocycles. The minimum atomic E-state index is 0.634. The molecule has 0 spiro atoms. The molecule has 2 aliphatic rings. The van der Waals surface area contributed by atoms with Crippen molar-refractivity contribution in [2.75, 3.05) is 0 Å². The molecule has 0 amide bonds. The Morgan fingerprint density at radius 2 is 2.12 bits per heavy atom. The number of allylic oxidation sites excluding steroid dienone is 9. The zero-order valence-electron chi connectivity index (χ0n) is 15.4. The summed E-state index contributed by atoms with van der Waals surface area (Å²) in [4.78, 5) is 4.50. The first-order valence-electron chi connectivity index (χ1n) is 9.20. The summed E-state index contributed by atoms with van der Waals surface area (Å²) in [5.41, 5.74) is 6.28. The highest BCUT2D eigenvalue weighted by Gasteiger charge is 2.20. The predicted molar refractivity (Wildman–Crippen MR) is 107 cm³/mol. The summed E-state index contributed by atoms with van der Waals surface area (Å²) in [6, 6.07) is 0. The SMILES string of the molecule is C=C(C)C1=NC=CC=C(C(=C)CC2CCCCCC2=CC=CC)C1. The summed E-state index contributed by atoms with van der Waals surface area (Å²) in [5.74, 6) is 0.634. The van der Waals surface area contributed by atoms with E-state index in [1.165, 1.54) is 43.3 Å². The van der Waals surface area contributed by atoms with E-state index in [0.29, 0.717) is 5.92 Å². The van der Waals surface area contributed by atoms with Crippen molar-refractivity contribution in [1.82, 2.24) is 0 Å². The average Bonchev–Trinajstić information content (AvgIpc) is 2.93. The molecule has 1 heterocycles. The molecule has 128 valence electrons. The van der Waals surface area contributed by atoms with Gasteiger partial charge in [-0.1, -0.05) is 61.4 Å². The Hall–Kier alpha value is -1.89. The van der Waals surface area contributed by atoms with Gasteiger partial charge in [-0.3, -0.25) is 4.99 Å². The van der Waals surface area contributed by atoms with E-state index in [9.17, 15) is 0 Å². The van der Waals surface area contributed by atoms with Gasteiger partial charge in [-0.25, -0.2) is 0 Å². The topological polar surface area (TPSA) is 12.4 Å². The van der Waals surface area contributed by atoms with Gasteiger partial charge in [0, 0.05) is 18.3 Å². The molecule has 0 N–H and O–H groups in total. The Labute approximate surface area is 148 Å². The fourth-order valence-corrected chi connectivity index (χ4v) is 3.47. The van der Waals surface area contributed by atoms with Crippen LogP contribution >= 0.6 is 0 Å². The van der Waals surface area contributed by atoms with Crippen molar-refractivity contribution in [2.45, 2.75) is 58.8 Å². The second-order valence-electron chi connectivity index (χ2n) is 6.94. The highest BCUT2D eigenvalue weighted by atomic mass is 14.7. The van der Waals surface area contributed by atoms with Crippen LogP contribution in [-0.4, -0.2) is 5.71 Å². The molecule has 1 heteroatoms. The third-order valence-corrected chi connectivity index (χ3v) is 4.96. The summed E-state index contributed by atoms with van der Waals surface area (Å²) in [6.07, 6.45) is 21.2. The predicted octanol–water partition coefficient (Wildman–Crippen LogP) is 6.88. The molecule has 0 bridgehead atoms. The summed E-state index contributed by atoms with van der Waals surface area (Å²) in [5, 5.41) is 0. The minimum absolute atomic E-state index is 0.634. The van der Waals surface area contributed by atoms with Crippen LogP contribution in [0.2, 0.25) is 0 Å². The third kappa shape index (κ3) is 5.33. The van der Waals surface area contributed by atoms with Crippen molar-refractivity contribution in [3.05, 3.63) is 72.0 Å². The van der Waals surface area contributed by atoms with Crippen molar-refractivity contribution in [1.29, 1.82) is 0 Å². The highest BCUT2D eigenvalue weighted by molar-refractivity contribution is 6.01. The van der Waals surface area contributed by atoms with E-state index in [0.717, 1.165) is 24.1 Å². The second-order valence-corrected chi connectivity index (χ2v) is 6.94. The highest BCUT2D eigenvalue weighted by Crippen LogP contribution is 2.35. The molecule has 0 aromatic rings. The maximum absolute atomic E-state index is 4.50.